The molecular weight excluding hydrogens is 775 g/mol. The molecule has 0 radical (unpaired) electrons. The Hall–Kier alpha value is -6.84. The standard InChI is InChI=1S/C54H53N9/c1-54(60-51(36-20-9-4-10-21-36)59-52(61-54)37-22-11-5-12-23-37)63-44-28-16-15-26-40(44)39-32-33-56-34-43(39)47-45(63)31-30-42-41-27-17-29-46(48(41)57-49(42)47)62(2)53(38-24-13-6-14-25-38)58-50(55)35-18-7-3-8-19-35/h3-5,7-13,15,17-18,20-22,24-27,29-31,34-35,37,51,55,57,60H,6,14,16,19,23,28,32-33H2,1-2H3,(H,59,61)/b55-50?,58-53-. The summed E-state index contributed by atoms with van der Waals surface area (Å²) in [5.41, 5.74) is 12.6. The zero-order chi connectivity index (χ0) is 42.5. The van der Waals surface area contributed by atoms with Crippen molar-refractivity contribution in [3.05, 3.63) is 173 Å². The number of dihydropyridines is 1. The Morgan fingerprint density at radius 1 is 0.841 bits per heavy atom. The van der Waals surface area contributed by atoms with E-state index in [-0.39, 0.29) is 18.0 Å². The van der Waals surface area contributed by atoms with Gasteiger partial charge in [0.25, 0.3) is 0 Å². The molecule has 0 saturated heterocycles. The lowest BCUT2D eigenvalue weighted by molar-refractivity contribution is 0.281. The highest BCUT2D eigenvalue weighted by Gasteiger charge is 2.45. The Morgan fingerprint density at radius 3 is 2.49 bits per heavy atom. The quantitative estimate of drug-likeness (QED) is 0.115. The molecule has 4 atom stereocenters. The summed E-state index contributed by atoms with van der Waals surface area (Å²) in [6.07, 6.45) is 36.7. The van der Waals surface area contributed by atoms with Crippen LogP contribution in [0.4, 0.5) is 11.4 Å². The molecular formula is C54H53N9. The largest absolute Gasteiger partial charge is 0.354 e. The molecule has 0 spiro atoms. The second kappa shape index (κ2) is 16.1. The van der Waals surface area contributed by atoms with Crippen LogP contribution in [0.15, 0.2) is 177 Å². The summed E-state index contributed by atoms with van der Waals surface area (Å²) in [7, 11) is 2.09. The van der Waals surface area contributed by atoms with Gasteiger partial charge in [0.1, 0.15) is 23.7 Å². The van der Waals surface area contributed by atoms with Gasteiger partial charge in [0.2, 0.25) is 0 Å². The second-order valence-corrected chi connectivity index (χ2v) is 17.5. The highest BCUT2D eigenvalue weighted by Crippen LogP contribution is 2.50. The van der Waals surface area contributed by atoms with Crippen LogP contribution in [0.1, 0.15) is 69.2 Å². The molecule has 3 aromatic carbocycles. The van der Waals surface area contributed by atoms with Gasteiger partial charge in [-0.05, 0) is 80.7 Å². The van der Waals surface area contributed by atoms with E-state index in [1.807, 2.05) is 12.2 Å². The van der Waals surface area contributed by atoms with Crippen LogP contribution in [0.25, 0.3) is 27.4 Å². The first kappa shape index (κ1) is 39.0. The Bertz CT molecular complexity index is 2920. The van der Waals surface area contributed by atoms with Crippen LogP contribution >= 0.6 is 0 Å². The summed E-state index contributed by atoms with van der Waals surface area (Å²) in [6.45, 7) is 3.01. The highest BCUT2D eigenvalue weighted by molar-refractivity contribution is 6.25. The molecule has 63 heavy (non-hydrogen) atoms. The lowest BCUT2D eigenvalue weighted by Gasteiger charge is -2.48. The van der Waals surface area contributed by atoms with Gasteiger partial charge >= 0.3 is 0 Å². The van der Waals surface area contributed by atoms with E-state index in [2.05, 4.69) is 173 Å². The Morgan fingerprint density at radius 2 is 1.68 bits per heavy atom. The van der Waals surface area contributed by atoms with Crippen molar-refractivity contribution in [1.29, 1.82) is 5.41 Å². The number of para-hydroxylation sites is 1. The first-order chi connectivity index (χ1) is 30.9. The zero-order valence-corrected chi connectivity index (χ0v) is 36.0. The Labute approximate surface area is 369 Å². The van der Waals surface area contributed by atoms with Gasteiger partial charge in [-0.2, -0.15) is 0 Å². The van der Waals surface area contributed by atoms with E-state index in [0.29, 0.717) is 5.84 Å². The van der Waals surface area contributed by atoms with Gasteiger partial charge in [0.15, 0.2) is 5.79 Å². The van der Waals surface area contributed by atoms with Crippen molar-refractivity contribution in [3.8, 4) is 0 Å². The molecule has 0 saturated carbocycles. The number of hydrogen-bond donors (Lipinski definition) is 4. The van der Waals surface area contributed by atoms with Crippen molar-refractivity contribution in [2.75, 3.05) is 23.4 Å². The third-order valence-corrected chi connectivity index (χ3v) is 13.5. The summed E-state index contributed by atoms with van der Waals surface area (Å²) in [6, 6.07) is 21.9. The molecule has 4 heterocycles. The summed E-state index contributed by atoms with van der Waals surface area (Å²) in [4.78, 5) is 24.6. The number of hydrogen-bond acceptors (Lipinski definition) is 6. The number of anilines is 2. The molecule has 4 aromatic rings. The van der Waals surface area contributed by atoms with E-state index in [4.69, 9.17) is 20.4 Å². The molecule has 314 valence electrons. The number of amidine groups is 3. The number of aromatic amines is 1. The number of aliphatic imine (C=N–C) groups is 3. The summed E-state index contributed by atoms with van der Waals surface area (Å²) in [5.74, 6) is 1.33. The Kier molecular flexibility index (Phi) is 9.99. The van der Waals surface area contributed by atoms with Crippen molar-refractivity contribution in [2.24, 2.45) is 26.8 Å². The number of nitrogens with one attached hydrogen (secondary N) is 4. The first-order valence-electron chi connectivity index (χ1n) is 22.6. The van der Waals surface area contributed by atoms with Crippen molar-refractivity contribution < 1.29 is 0 Å². The van der Waals surface area contributed by atoms with Gasteiger partial charge in [0.05, 0.1) is 22.4 Å². The van der Waals surface area contributed by atoms with Crippen molar-refractivity contribution in [1.82, 2.24) is 15.6 Å². The van der Waals surface area contributed by atoms with Gasteiger partial charge < -0.3 is 20.1 Å². The topological polar surface area (TPSA) is 107 Å². The number of likely N-dealkylation sites (N-methyl/N-ethyl adjacent to an activating group) is 1. The van der Waals surface area contributed by atoms with Crippen LogP contribution in [0.2, 0.25) is 0 Å². The predicted molar refractivity (Wildman–Crippen MR) is 263 cm³/mol. The van der Waals surface area contributed by atoms with Gasteiger partial charge in [0, 0.05) is 64.8 Å². The minimum atomic E-state index is -0.867. The molecule has 4 unspecified atom stereocenters. The summed E-state index contributed by atoms with van der Waals surface area (Å²) < 4.78 is 0. The van der Waals surface area contributed by atoms with Crippen molar-refractivity contribution >= 4 is 62.5 Å². The number of nitrogens with zero attached hydrogens (tertiary/aromatic N) is 5. The number of allylic oxidation sites excluding steroid dienone is 13. The second-order valence-electron chi connectivity index (χ2n) is 17.5. The predicted octanol–water partition coefficient (Wildman–Crippen LogP) is 11.3. The van der Waals surface area contributed by atoms with Crippen LogP contribution < -0.4 is 20.4 Å². The molecule has 0 bridgehead atoms. The van der Waals surface area contributed by atoms with Crippen molar-refractivity contribution in [3.63, 3.8) is 0 Å². The van der Waals surface area contributed by atoms with Crippen molar-refractivity contribution in [2.45, 2.75) is 63.8 Å². The number of benzene rings is 3. The fourth-order valence-corrected chi connectivity index (χ4v) is 10.4. The number of fused-ring (bicyclic) bond motifs is 7. The van der Waals surface area contributed by atoms with E-state index in [0.717, 1.165) is 119 Å². The maximum Gasteiger partial charge on any atom is 0.192 e. The molecule has 0 amide bonds. The normalized spacial score (nSPS) is 25.1. The number of rotatable bonds is 6. The molecule has 0 fully saturated rings. The fraction of sp³-hybridized carbons (Fsp3) is 0.259. The maximum absolute atomic E-state index is 9.16. The van der Waals surface area contributed by atoms with Crippen LogP contribution in [-0.4, -0.2) is 48.1 Å². The fourth-order valence-electron chi connectivity index (χ4n) is 10.4. The van der Waals surface area contributed by atoms with E-state index >= 15 is 0 Å². The molecule has 9 nitrogen and oxygen atoms in total. The first-order valence-corrected chi connectivity index (χ1v) is 22.6. The SMILES string of the molecule is CN(/C(=N\C(=N)C1C=CC=CC1)C1=CCCC=C1)c1cccc2c1[nH]c1c3c(ccc12)N(C1(C)N=C(C2C=CC=CC2)NC(c2ccccc2)N1)C1=C(C=CCC1)C1=C3C=NCC1. The smallest absolute Gasteiger partial charge is 0.192 e. The van der Waals surface area contributed by atoms with E-state index in [9.17, 15) is 0 Å². The average molecular weight is 828 g/mol. The molecule has 1 aromatic heterocycles. The lowest BCUT2D eigenvalue weighted by atomic mass is 9.88. The summed E-state index contributed by atoms with van der Waals surface area (Å²) in [5, 5.41) is 19.3. The van der Waals surface area contributed by atoms with E-state index in [1.165, 1.54) is 16.8 Å². The number of aromatic nitrogens is 1. The molecule has 9 heteroatoms. The van der Waals surface area contributed by atoms with E-state index in [1.54, 1.807) is 0 Å². The number of H-pyrrole nitrogens is 1. The average Bonchev–Trinajstić information content (AvgIpc) is 3.67. The molecule has 4 aliphatic carbocycles. The highest BCUT2D eigenvalue weighted by atomic mass is 15.5. The minimum absolute atomic E-state index is 0.0570. The van der Waals surface area contributed by atoms with Gasteiger partial charge in [-0.3, -0.25) is 15.7 Å². The lowest BCUT2D eigenvalue weighted by Crippen LogP contribution is -2.64. The van der Waals surface area contributed by atoms with Crippen LogP contribution in [-0.2, 0) is 0 Å². The van der Waals surface area contributed by atoms with Crippen LogP contribution in [0.5, 0.6) is 0 Å². The molecule has 4 N–H and O–H groups in total. The molecule has 3 aliphatic heterocycles. The van der Waals surface area contributed by atoms with Crippen LogP contribution in [0, 0.1) is 17.2 Å². The maximum atomic E-state index is 9.16. The van der Waals surface area contributed by atoms with Crippen LogP contribution in [0.3, 0.4) is 0 Å². The van der Waals surface area contributed by atoms with Gasteiger partial charge in [-0.1, -0.05) is 128 Å². The van der Waals surface area contributed by atoms with Gasteiger partial charge in [-0.15, -0.1) is 0 Å². The minimum Gasteiger partial charge on any atom is -0.354 e. The third kappa shape index (κ3) is 6.91. The van der Waals surface area contributed by atoms with Gasteiger partial charge in [-0.25, -0.2) is 9.98 Å². The summed E-state index contributed by atoms with van der Waals surface area (Å²) >= 11 is 0. The Balaban J connectivity index is 1.11. The zero-order valence-electron chi connectivity index (χ0n) is 36.0. The molecule has 7 aliphatic rings. The third-order valence-electron chi connectivity index (χ3n) is 13.5. The van der Waals surface area contributed by atoms with E-state index < -0.39 is 5.79 Å². The molecule has 11 rings (SSSR count). The monoisotopic (exact) mass is 827 g/mol.